The predicted molar refractivity (Wildman–Crippen MR) is 79.6 cm³/mol. The molecule has 0 aliphatic carbocycles. The lowest BCUT2D eigenvalue weighted by atomic mass is 9.90. The van der Waals surface area contributed by atoms with E-state index >= 15 is 0 Å². The maximum Gasteiger partial charge on any atom is 0.209 e. The van der Waals surface area contributed by atoms with E-state index in [1.807, 2.05) is 27.7 Å². The number of nitrogens with zero attached hydrogens (tertiary/aromatic N) is 3. The zero-order chi connectivity index (χ0) is 14.7. The Kier molecular flexibility index (Phi) is 5.09. The Hall–Kier alpha value is -0.950. The molecule has 1 rings (SSSR count). The highest BCUT2D eigenvalue weighted by Gasteiger charge is 2.26. The van der Waals surface area contributed by atoms with Gasteiger partial charge in [-0.25, -0.2) is 0 Å². The molecule has 0 amide bonds. The Morgan fingerprint density at radius 1 is 1.53 bits per heavy atom. The van der Waals surface area contributed by atoms with Crippen LogP contribution in [0, 0.1) is 5.41 Å². The molecule has 0 aliphatic heterocycles. The second kappa shape index (κ2) is 6.00. The molecule has 3 N–H and O–H groups in total. The molecule has 0 radical (unpaired) electrons. The highest BCUT2D eigenvalue weighted by molar-refractivity contribution is 7.64. The molecule has 0 saturated heterocycles. The predicted octanol–water partition coefficient (Wildman–Crippen LogP) is 1.92. The highest BCUT2D eigenvalue weighted by Crippen LogP contribution is 2.35. The molecule has 0 unspecified atom stereocenters. The molecule has 108 valence electrons. The van der Waals surface area contributed by atoms with Gasteiger partial charge in [0.1, 0.15) is 12.3 Å². The van der Waals surface area contributed by atoms with Crippen LogP contribution >= 0.6 is 19.0 Å². The van der Waals surface area contributed by atoms with Crippen LogP contribution in [0.4, 0.5) is 5.13 Å². The smallest absolute Gasteiger partial charge is 0.209 e. The highest BCUT2D eigenvalue weighted by atomic mass is 32.1. The summed E-state index contributed by atoms with van der Waals surface area (Å²) in [4.78, 5) is 27.7. The first-order chi connectivity index (χ1) is 8.63. The van der Waals surface area contributed by atoms with Gasteiger partial charge in [-0.2, -0.15) is 9.36 Å². The third-order valence-corrected chi connectivity index (χ3v) is 3.26. The Morgan fingerprint density at radius 2 is 2.16 bits per heavy atom. The maximum atomic E-state index is 9.25. The molecular weight excluding hydrogens is 287 g/mol. The van der Waals surface area contributed by atoms with Crippen LogP contribution in [0.3, 0.4) is 0 Å². The Bertz CT molecular complexity index is 503. The van der Waals surface area contributed by atoms with Crippen molar-refractivity contribution in [2.24, 2.45) is 10.6 Å². The van der Waals surface area contributed by atoms with Gasteiger partial charge >= 0.3 is 0 Å². The maximum absolute atomic E-state index is 9.25. The summed E-state index contributed by atoms with van der Waals surface area (Å²) in [5, 5.41) is 6.75. The van der Waals surface area contributed by atoms with Crippen LogP contribution in [-0.2, 0) is 4.84 Å². The molecule has 0 aromatic carbocycles. The summed E-state index contributed by atoms with van der Waals surface area (Å²) in [5.74, 6) is 0.405. The minimum atomic E-state index is -3.38. The van der Waals surface area contributed by atoms with Crippen LogP contribution < -0.4 is 5.09 Å². The average molecular weight is 306 g/mol. The van der Waals surface area contributed by atoms with E-state index in [0.29, 0.717) is 18.1 Å². The van der Waals surface area contributed by atoms with E-state index in [2.05, 4.69) is 25.9 Å². The molecule has 1 aromatic rings. The molecule has 1 heterocycles. The third kappa shape index (κ3) is 5.28. The lowest BCUT2D eigenvalue weighted by Crippen LogP contribution is -2.23. The van der Waals surface area contributed by atoms with Crippen LogP contribution in [0.15, 0.2) is 5.16 Å². The van der Waals surface area contributed by atoms with Crippen molar-refractivity contribution < 1.29 is 14.6 Å². The lowest BCUT2D eigenvalue weighted by molar-refractivity contribution is 0.156. The number of aromatic nitrogens is 2. The first kappa shape index (κ1) is 16.1. The van der Waals surface area contributed by atoms with Crippen LogP contribution in [-0.4, -0.2) is 37.8 Å². The molecule has 19 heavy (non-hydrogen) atoms. The van der Waals surface area contributed by atoms with Crippen LogP contribution in [0.1, 0.15) is 33.5 Å². The summed E-state index contributed by atoms with van der Waals surface area (Å²) in [6.45, 7) is 8.20. The summed E-state index contributed by atoms with van der Waals surface area (Å²) in [6.07, 6.45) is 3.21. The van der Waals surface area contributed by atoms with Gasteiger partial charge in [0.25, 0.3) is 0 Å². The second-order valence-corrected chi connectivity index (χ2v) is 7.31. The van der Waals surface area contributed by atoms with Crippen molar-refractivity contribution in [1.29, 1.82) is 0 Å². The summed E-state index contributed by atoms with van der Waals surface area (Å²) in [7, 11) is -3.38. The van der Waals surface area contributed by atoms with Gasteiger partial charge in [0.05, 0.1) is 0 Å². The van der Waals surface area contributed by atoms with E-state index in [0.717, 1.165) is 11.5 Å². The van der Waals surface area contributed by atoms with Gasteiger partial charge in [-0.3, -0.25) is 5.09 Å². The molecule has 0 bridgehead atoms. The van der Waals surface area contributed by atoms with E-state index < -0.39 is 7.49 Å². The summed E-state index contributed by atoms with van der Waals surface area (Å²) in [6, 6.07) is 0. The van der Waals surface area contributed by atoms with Crippen molar-refractivity contribution in [2.75, 3.05) is 11.7 Å². The molecule has 0 aliphatic rings. The molecule has 0 fully saturated rings. The SMILES string of the molecule is C=P(O)(O)Nc1nc(C(=NOCC)C(C)(C)C)ns1. The van der Waals surface area contributed by atoms with Gasteiger partial charge in [-0.15, -0.1) is 0 Å². The van der Waals surface area contributed by atoms with Gasteiger partial charge in [-0.05, 0) is 13.2 Å². The number of rotatable bonds is 5. The van der Waals surface area contributed by atoms with Gasteiger partial charge in [0.2, 0.25) is 12.6 Å². The van der Waals surface area contributed by atoms with E-state index in [1.165, 1.54) is 0 Å². The molecule has 0 saturated carbocycles. The minimum absolute atomic E-state index is 0.289. The monoisotopic (exact) mass is 306 g/mol. The van der Waals surface area contributed by atoms with Crippen molar-refractivity contribution in [3.05, 3.63) is 5.82 Å². The first-order valence-corrected chi connectivity index (χ1v) is 8.30. The topological polar surface area (TPSA) is 99.9 Å². The first-order valence-electron chi connectivity index (χ1n) is 5.65. The number of hydrogen-bond donors (Lipinski definition) is 3. The van der Waals surface area contributed by atoms with Gasteiger partial charge in [-0.1, -0.05) is 25.9 Å². The molecule has 1 aromatic heterocycles. The molecule has 9 heteroatoms. The Labute approximate surface area is 116 Å². The fourth-order valence-electron chi connectivity index (χ4n) is 1.16. The zero-order valence-corrected chi connectivity index (χ0v) is 13.1. The number of oxime groups is 1. The third-order valence-electron chi connectivity index (χ3n) is 1.91. The van der Waals surface area contributed by atoms with Gasteiger partial charge < -0.3 is 14.6 Å². The summed E-state index contributed by atoms with van der Waals surface area (Å²) < 4.78 is 4.15. The van der Waals surface area contributed by atoms with E-state index in [1.54, 1.807) is 0 Å². The van der Waals surface area contributed by atoms with Crippen molar-refractivity contribution in [3.63, 3.8) is 0 Å². The Balaban J connectivity index is 3.02. The van der Waals surface area contributed by atoms with Crippen LogP contribution in [0.25, 0.3) is 0 Å². The largest absolute Gasteiger partial charge is 0.396 e. The quantitative estimate of drug-likeness (QED) is 0.436. The minimum Gasteiger partial charge on any atom is -0.396 e. The second-order valence-electron chi connectivity index (χ2n) is 4.87. The van der Waals surface area contributed by atoms with Crippen molar-refractivity contribution >= 4 is 36.2 Å². The average Bonchev–Trinajstić information content (AvgIpc) is 2.62. The fourth-order valence-corrected chi connectivity index (χ4v) is 2.55. The van der Waals surface area contributed by atoms with Crippen molar-refractivity contribution in [3.8, 4) is 0 Å². The summed E-state index contributed by atoms with van der Waals surface area (Å²) >= 11 is 1.01. The van der Waals surface area contributed by atoms with Crippen LogP contribution in [0.2, 0.25) is 0 Å². The number of hydrogen-bond acceptors (Lipinski definition) is 8. The number of nitrogens with one attached hydrogen (secondary N) is 1. The van der Waals surface area contributed by atoms with Crippen molar-refractivity contribution in [1.82, 2.24) is 9.36 Å². The van der Waals surface area contributed by atoms with Gasteiger partial charge in [0.15, 0.2) is 5.82 Å². The number of anilines is 1. The summed E-state index contributed by atoms with van der Waals surface area (Å²) in [5.41, 5.74) is 0.311. The Morgan fingerprint density at radius 3 is 2.63 bits per heavy atom. The van der Waals surface area contributed by atoms with E-state index in [4.69, 9.17) is 4.84 Å². The molecule has 0 atom stereocenters. The molecule has 0 spiro atoms. The van der Waals surface area contributed by atoms with Gasteiger partial charge in [0, 0.05) is 16.9 Å². The zero-order valence-electron chi connectivity index (χ0n) is 11.4. The lowest BCUT2D eigenvalue weighted by Gasteiger charge is -2.18. The normalized spacial score (nSPS) is 13.5. The van der Waals surface area contributed by atoms with Crippen molar-refractivity contribution in [2.45, 2.75) is 27.7 Å². The van der Waals surface area contributed by atoms with Crippen LogP contribution in [0.5, 0.6) is 0 Å². The molecule has 7 nitrogen and oxygen atoms in total. The molecular formula is C10H19N4O3PS. The standard InChI is InChI=1S/C10H19N4O3PS/c1-6-17-12-7(10(2,3)4)8-11-9(19-14-8)13-18(5,15)16/h15-16H,5-6H2,1-4H3,(H,11,13,14). The van der Waals surface area contributed by atoms with E-state index in [-0.39, 0.29) is 10.5 Å². The van der Waals surface area contributed by atoms with E-state index in [9.17, 15) is 9.79 Å². The fraction of sp³-hybridized carbons (Fsp3) is 0.600.